The topological polar surface area (TPSA) is 78.9 Å². The van der Waals surface area contributed by atoms with Gasteiger partial charge >= 0.3 is 170 Å². The maximum atomic E-state index is 11.9. The van der Waals surface area contributed by atoms with Crippen molar-refractivity contribution in [1.82, 2.24) is 0 Å². The molecule has 150 valence electrons. The molecule has 0 spiro atoms. The first-order chi connectivity index (χ1) is 13.3. The molecule has 0 aromatic heterocycles. The van der Waals surface area contributed by atoms with Crippen LogP contribution in [0.2, 0.25) is 4.47 Å². The van der Waals surface area contributed by atoms with E-state index in [-0.39, 0.29) is 4.47 Å². The van der Waals surface area contributed by atoms with Gasteiger partial charge in [-0.3, -0.25) is 0 Å². The number of carbonyl (C=O) groups excluding carboxylic acids is 3. The van der Waals surface area contributed by atoms with Crippen LogP contribution in [0.25, 0.3) is 0 Å². The van der Waals surface area contributed by atoms with Crippen molar-refractivity contribution in [3.63, 3.8) is 0 Å². The predicted molar refractivity (Wildman–Crippen MR) is 106 cm³/mol. The molecule has 0 N–H and O–H groups in total. The molecule has 0 saturated carbocycles. The molecule has 2 aromatic rings. The number of ether oxygens (including phenoxy) is 1. The number of benzene rings is 2. The molecule has 2 rings (SSSR count). The second-order valence-electron chi connectivity index (χ2n) is 6.17. The van der Waals surface area contributed by atoms with Gasteiger partial charge in [-0.1, -0.05) is 0 Å². The Bertz CT molecular complexity index is 790. The van der Waals surface area contributed by atoms with Gasteiger partial charge in [0, 0.05) is 0 Å². The number of hydrogen-bond donors (Lipinski definition) is 0. The van der Waals surface area contributed by atoms with Gasteiger partial charge in [0.1, 0.15) is 0 Å². The van der Waals surface area contributed by atoms with E-state index in [2.05, 4.69) is 0 Å². The second kappa shape index (κ2) is 10.3. The molecule has 0 heterocycles. The monoisotopic (exact) mass is 502 g/mol. The molecule has 0 bridgehead atoms. The van der Waals surface area contributed by atoms with Gasteiger partial charge in [-0.15, -0.1) is 0 Å². The van der Waals surface area contributed by atoms with E-state index < -0.39 is 43.0 Å². The van der Waals surface area contributed by atoms with Crippen LogP contribution in [0.5, 0.6) is 0 Å². The molecule has 0 aliphatic carbocycles. The Morgan fingerprint density at radius 2 is 1.29 bits per heavy atom. The summed E-state index contributed by atoms with van der Waals surface area (Å²) in [5.41, 5.74) is 0.962. The van der Waals surface area contributed by atoms with Gasteiger partial charge in [-0.2, -0.15) is 0 Å². The Hall–Kier alpha value is -2.36. The molecule has 0 radical (unpaired) electrons. The molecule has 0 fully saturated rings. The van der Waals surface area contributed by atoms with Crippen molar-refractivity contribution >= 4 is 40.5 Å². The van der Waals surface area contributed by atoms with Gasteiger partial charge in [0.05, 0.1) is 0 Å². The first kappa shape index (κ1) is 21.9. The first-order valence-electron chi connectivity index (χ1n) is 8.78. The summed E-state index contributed by atoms with van der Waals surface area (Å²) in [6.45, 7) is 3.89. The van der Waals surface area contributed by atoms with Gasteiger partial charge in [0.15, 0.2) is 0 Å². The molecule has 0 aliphatic heterocycles. The maximum absolute atomic E-state index is 11.9. The summed E-state index contributed by atoms with van der Waals surface area (Å²) in [5, 5.41) is 0. The van der Waals surface area contributed by atoms with Crippen LogP contribution in [0, 0.1) is 0 Å². The van der Waals surface area contributed by atoms with Gasteiger partial charge in [0.25, 0.3) is 0 Å². The van der Waals surface area contributed by atoms with E-state index in [9.17, 15) is 14.4 Å². The normalized spacial score (nSPS) is 12.5. The molecule has 0 aliphatic rings. The molecule has 2 aromatic carbocycles. The van der Waals surface area contributed by atoms with Crippen molar-refractivity contribution in [2.24, 2.45) is 0 Å². The number of hydrogen-bond acceptors (Lipinski definition) is 6. The quantitative estimate of drug-likeness (QED) is 0.410. The van der Waals surface area contributed by atoms with Gasteiger partial charge in [0.2, 0.25) is 0 Å². The van der Waals surface area contributed by atoms with Crippen LogP contribution in [0.15, 0.2) is 60.7 Å². The summed E-state index contributed by atoms with van der Waals surface area (Å²) in [6, 6.07) is 18.5. The number of esters is 1. The van der Waals surface area contributed by atoms with Crippen LogP contribution in [-0.2, 0) is 31.7 Å². The molecule has 1 atom stereocenters. The van der Waals surface area contributed by atoms with E-state index in [1.165, 1.54) is 20.8 Å². The third kappa shape index (κ3) is 6.66. The Kier molecular flexibility index (Phi) is 8.03. The Labute approximate surface area is 169 Å². The SMILES string of the molecule is CC(=O)OC(Cc1ccccc1)C[Te](OC(C)=O)(OC(C)=O)c1ccccc1. The van der Waals surface area contributed by atoms with Gasteiger partial charge in [-0.25, -0.2) is 0 Å². The molecule has 0 saturated heterocycles. The molecule has 6 nitrogen and oxygen atoms in total. The zero-order valence-corrected chi connectivity index (χ0v) is 18.5. The Balaban J connectivity index is 2.44. The van der Waals surface area contributed by atoms with Crippen molar-refractivity contribution in [3.05, 3.63) is 66.2 Å². The number of carbonyl (C=O) groups is 3. The number of rotatable bonds is 8. The fourth-order valence-corrected chi connectivity index (χ4v) is 10.1. The average Bonchev–Trinajstić information content (AvgIpc) is 2.61. The van der Waals surface area contributed by atoms with Crippen LogP contribution in [0.4, 0.5) is 0 Å². The fraction of sp³-hybridized carbons (Fsp3) is 0.286. The first-order valence-corrected chi connectivity index (χ1v) is 13.5. The van der Waals surface area contributed by atoms with E-state index in [0.717, 1.165) is 5.56 Å². The molecule has 0 amide bonds. The Morgan fingerprint density at radius 3 is 1.75 bits per heavy atom. The van der Waals surface area contributed by atoms with E-state index in [1.807, 2.05) is 36.4 Å². The van der Waals surface area contributed by atoms with Crippen molar-refractivity contribution in [1.29, 1.82) is 0 Å². The van der Waals surface area contributed by atoms with E-state index >= 15 is 0 Å². The zero-order chi connectivity index (χ0) is 20.6. The molecule has 7 heteroatoms. The fourth-order valence-electron chi connectivity index (χ4n) is 2.78. The van der Waals surface area contributed by atoms with Crippen LogP contribution in [0.1, 0.15) is 26.3 Å². The van der Waals surface area contributed by atoms with Crippen LogP contribution in [-0.4, -0.2) is 43.0 Å². The van der Waals surface area contributed by atoms with Crippen LogP contribution in [0.3, 0.4) is 0 Å². The van der Waals surface area contributed by atoms with Crippen molar-refractivity contribution in [3.8, 4) is 0 Å². The van der Waals surface area contributed by atoms with E-state index in [0.29, 0.717) is 10.0 Å². The van der Waals surface area contributed by atoms with Crippen LogP contribution < -0.4 is 3.61 Å². The minimum atomic E-state index is -4.24. The molecule has 28 heavy (non-hydrogen) atoms. The van der Waals surface area contributed by atoms with Crippen molar-refractivity contribution in [2.75, 3.05) is 0 Å². The summed E-state index contributed by atoms with van der Waals surface area (Å²) in [7, 11) is 0. The van der Waals surface area contributed by atoms with Crippen LogP contribution >= 0.6 is 0 Å². The van der Waals surface area contributed by atoms with Crippen molar-refractivity contribution < 1.29 is 25.3 Å². The van der Waals surface area contributed by atoms with Crippen molar-refractivity contribution in [2.45, 2.75) is 37.8 Å². The zero-order valence-electron chi connectivity index (χ0n) is 16.1. The minimum absolute atomic E-state index is 0.153. The second-order valence-corrected chi connectivity index (χ2v) is 12.9. The molecule has 1 unspecified atom stereocenters. The van der Waals surface area contributed by atoms with Gasteiger partial charge < -0.3 is 0 Å². The third-order valence-electron chi connectivity index (χ3n) is 3.65. The van der Waals surface area contributed by atoms with Gasteiger partial charge in [-0.05, 0) is 0 Å². The molecular formula is C21H24O6Te. The molecular weight excluding hydrogens is 476 g/mol. The van der Waals surface area contributed by atoms with E-state index in [4.69, 9.17) is 10.9 Å². The summed E-state index contributed by atoms with van der Waals surface area (Å²) in [4.78, 5) is 35.5. The standard InChI is InChI=1S/C21H24O6Te/c1-16(22)25-20(14-19-10-6-4-7-11-19)15-28(26-17(2)23,27-18(3)24)21-12-8-5-9-13-21/h4-13,20H,14-15H2,1-3H3. The Morgan fingerprint density at radius 1 is 0.786 bits per heavy atom. The summed E-state index contributed by atoms with van der Waals surface area (Å²) >= 11 is -4.24. The summed E-state index contributed by atoms with van der Waals surface area (Å²) < 4.78 is 17.7. The summed E-state index contributed by atoms with van der Waals surface area (Å²) in [5.74, 6) is -1.52. The van der Waals surface area contributed by atoms with E-state index in [1.54, 1.807) is 24.3 Å². The third-order valence-corrected chi connectivity index (χ3v) is 11.7. The summed E-state index contributed by atoms with van der Waals surface area (Å²) in [6.07, 6.45) is -0.177. The average molecular weight is 500 g/mol. The predicted octanol–water partition coefficient (Wildman–Crippen LogP) is 2.64.